The van der Waals surface area contributed by atoms with E-state index in [0.29, 0.717) is 15.6 Å². The van der Waals surface area contributed by atoms with Crippen LogP contribution in [0.3, 0.4) is 0 Å². The van der Waals surface area contributed by atoms with Crippen molar-refractivity contribution < 1.29 is 4.79 Å². The molecule has 0 saturated carbocycles. The number of benzene rings is 1. The Morgan fingerprint density at radius 1 is 1.25 bits per heavy atom. The molecule has 0 radical (unpaired) electrons. The van der Waals surface area contributed by atoms with Crippen molar-refractivity contribution >= 4 is 29.0 Å². The van der Waals surface area contributed by atoms with E-state index in [1.54, 1.807) is 18.2 Å². The molecule has 20 heavy (non-hydrogen) atoms. The van der Waals surface area contributed by atoms with E-state index >= 15 is 0 Å². The van der Waals surface area contributed by atoms with E-state index in [-0.39, 0.29) is 5.78 Å². The van der Waals surface area contributed by atoms with Gasteiger partial charge in [-0.25, -0.2) is 0 Å². The van der Waals surface area contributed by atoms with Crippen molar-refractivity contribution in [3.8, 4) is 0 Å². The van der Waals surface area contributed by atoms with E-state index in [0.717, 1.165) is 32.4 Å². The van der Waals surface area contributed by atoms with Crippen LogP contribution in [0.5, 0.6) is 0 Å². The van der Waals surface area contributed by atoms with Gasteiger partial charge in [-0.1, -0.05) is 36.5 Å². The van der Waals surface area contributed by atoms with Crippen molar-refractivity contribution in [2.75, 3.05) is 13.1 Å². The fourth-order valence-electron chi connectivity index (χ4n) is 2.88. The number of hydrogen-bond donors (Lipinski definition) is 0. The van der Waals surface area contributed by atoms with E-state index in [2.05, 4.69) is 11.8 Å². The molecule has 1 fully saturated rings. The first kappa shape index (κ1) is 15.8. The maximum absolute atomic E-state index is 13.0. The van der Waals surface area contributed by atoms with Gasteiger partial charge in [0.2, 0.25) is 0 Å². The van der Waals surface area contributed by atoms with E-state index in [1.807, 2.05) is 6.92 Å². The van der Waals surface area contributed by atoms with Crippen molar-refractivity contribution in [2.45, 2.75) is 45.1 Å². The van der Waals surface area contributed by atoms with Crippen LogP contribution < -0.4 is 0 Å². The SMILES string of the molecule is CCC(C)(C(=O)c1cc(Cl)ccc1Cl)N1CCCCC1. The van der Waals surface area contributed by atoms with Crippen molar-refractivity contribution in [3.63, 3.8) is 0 Å². The number of rotatable bonds is 4. The Kier molecular flexibility index (Phi) is 5.11. The van der Waals surface area contributed by atoms with Gasteiger partial charge in [-0.05, 0) is 57.5 Å². The zero-order valence-electron chi connectivity index (χ0n) is 12.1. The molecule has 0 spiro atoms. The summed E-state index contributed by atoms with van der Waals surface area (Å²) in [6, 6.07) is 5.10. The molecule has 0 aromatic heterocycles. The summed E-state index contributed by atoms with van der Waals surface area (Å²) in [5.74, 6) is 0.0781. The normalized spacial score (nSPS) is 19.6. The minimum atomic E-state index is -0.491. The van der Waals surface area contributed by atoms with Gasteiger partial charge in [-0.2, -0.15) is 0 Å². The number of nitrogens with zero attached hydrogens (tertiary/aromatic N) is 1. The van der Waals surface area contributed by atoms with Crippen LogP contribution in [0, 0.1) is 0 Å². The Morgan fingerprint density at radius 3 is 2.50 bits per heavy atom. The number of carbonyl (C=O) groups is 1. The largest absolute Gasteiger partial charge is 0.292 e. The minimum Gasteiger partial charge on any atom is -0.292 e. The average molecular weight is 314 g/mol. The Labute approximate surface area is 131 Å². The zero-order valence-corrected chi connectivity index (χ0v) is 13.6. The summed E-state index contributed by atoms with van der Waals surface area (Å²) in [4.78, 5) is 15.3. The highest BCUT2D eigenvalue weighted by molar-refractivity contribution is 6.36. The Bertz CT molecular complexity index is 497. The molecule has 0 N–H and O–H groups in total. The van der Waals surface area contributed by atoms with E-state index in [1.165, 1.54) is 6.42 Å². The van der Waals surface area contributed by atoms with Gasteiger partial charge in [0.1, 0.15) is 0 Å². The average Bonchev–Trinajstić information content (AvgIpc) is 2.49. The summed E-state index contributed by atoms with van der Waals surface area (Å²) < 4.78 is 0. The van der Waals surface area contributed by atoms with Crippen LogP contribution in [-0.4, -0.2) is 29.3 Å². The lowest BCUT2D eigenvalue weighted by Gasteiger charge is -2.42. The lowest BCUT2D eigenvalue weighted by Crippen LogP contribution is -2.54. The van der Waals surface area contributed by atoms with Crippen LogP contribution in [0.1, 0.15) is 49.9 Å². The molecule has 0 aliphatic carbocycles. The number of Topliss-reactive ketones (excluding diaryl/α,β-unsaturated/α-hetero) is 1. The number of piperidine rings is 1. The van der Waals surface area contributed by atoms with Gasteiger partial charge < -0.3 is 0 Å². The quantitative estimate of drug-likeness (QED) is 0.742. The number of halogens is 2. The maximum atomic E-state index is 13.0. The Hall–Kier alpha value is -0.570. The summed E-state index contributed by atoms with van der Waals surface area (Å²) in [6.07, 6.45) is 4.34. The second kappa shape index (κ2) is 6.46. The van der Waals surface area contributed by atoms with Crippen LogP contribution in [0.2, 0.25) is 10.0 Å². The molecule has 2 nitrogen and oxygen atoms in total. The molecule has 4 heteroatoms. The summed E-state index contributed by atoms with van der Waals surface area (Å²) in [5.41, 5.74) is 0.0449. The van der Waals surface area contributed by atoms with E-state index in [9.17, 15) is 4.79 Å². The summed E-state index contributed by atoms with van der Waals surface area (Å²) in [6.45, 7) is 6.05. The fraction of sp³-hybridized carbons (Fsp3) is 0.562. The summed E-state index contributed by atoms with van der Waals surface area (Å²) in [5, 5.41) is 1.03. The van der Waals surface area contributed by atoms with Gasteiger partial charge >= 0.3 is 0 Å². The van der Waals surface area contributed by atoms with Crippen LogP contribution in [-0.2, 0) is 0 Å². The molecule has 1 heterocycles. The second-order valence-electron chi connectivity index (χ2n) is 5.63. The summed E-state index contributed by atoms with van der Waals surface area (Å²) in [7, 11) is 0. The maximum Gasteiger partial charge on any atom is 0.184 e. The van der Waals surface area contributed by atoms with Gasteiger partial charge in [-0.15, -0.1) is 0 Å². The molecular formula is C16H21Cl2NO. The molecule has 1 aromatic carbocycles. The molecule has 1 aliphatic heterocycles. The molecule has 1 aliphatic rings. The van der Waals surface area contributed by atoms with Gasteiger partial charge in [-0.3, -0.25) is 9.69 Å². The highest BCUT2D eigenvalue weighted by Crippen LogP contribution is 2.31. The third-order valence-electron chi connectivity index (χ3n) is 4.40. The zero-order chi connectivity index (χ0) is 14.8. The molecule has 2 rings (SSSR count). The minimum absolute atomic E-state index is 0.0781. The third kappa shape index (κ3) is 3.03. The number of likely N-dealkylation sites (tertiary alicyclic amines) is 1. The molecule has 110 valence electrons. The molecule has 0 amide bonds. The first-order valence-corrected chi connectivity index (χ1v) is 7.99. The Balaban J connectivity index is 2.34. The van der Waals surface area contributed by atoms with Crippen LogP contribution in [0.15, 0.2) is 18.2 Å². The number of hydrogen-bond acceptors (Lipinski definition) is 2. The van der Waals surface area contributed by atoms with Gasteiger partial charge in [0.25, 0.3) is 0 Å². The van der Waals surface area contributed by atoms with Crippen LogP contribution in [0.25, 0.3) is 0 Å². The molecule has 1 aromatic rings. The Morgan fingerprint density at radius 2 is 1.90 bits per heavy atom. The molecule has 1 atom stereocenters. The fourth-order valence-corrected chi connectivity index (χ4v) is 3.25. The second-order valence-corrected chi connectivity index (χ2v) is 6.47. The van der Waals surface area contributed by atoms with Crippen molar-refractivity contribution in [1.29, 1.82) is 0 Å². The molecule has 0 bridgehead atoms. The van der Waals surface area contributed by atoms with Crippen LogP contribution >= 0.6 is 23.2 Å². The van der Waals surface area contributed by atoms with Gasteiger partial charge in [0.15, 0.2) is 5.78 Å². The highest BCUT2D eigenvalue weighted by atomic mass is 35.5. The van der Waals surface area contributed by atoms with Gasteiger partial charge in [0.05, 0.1) is 10.6 Å². The first-order valence-electron chi connectivity index (χ1n) is 7.24. The highest BCUT2D eigenvalue weighted by Gasteiger charge is 2.39. The molecular weight excluding hydrogens is 293 g/mol. The topological polar surface area (TPSA) is 20.3 Å². The van der Waals surface area contributed by atoms with Crippen LogP contribution in [0.4, 0.5) is 0 Å². The smallest absolute Gasteiger partial charge is 0.184 e. The number of carbonyl (C=O) groups excluding carboxylic acids is 1. The standard InChI is InChI=1S/C16H21Cl2NO/c1-3-16(2,19-9-5-4-6-10-19)15(20)13-11-12(17)7-8-14(13)18/h7-8,11H,3-6,9-10H2,1-2H3. The third-order valence-corrected chi connectivity index (χ3v) is 4.97. The van der Waals surface area contributed by atoms with E-state index < -0.39 is 5.54 Å². The van der Waals surface area contributed by atoms with Gasteiger partial charge in [0, 0.05) is 10.6 Å². The predicted octanol–water partition coefficient (Wildman–Crippen LogP) is 4.83. The number of ketones is 1. The molecule has 1 unspecified atom stereocenters. The predicted molar refractivity (Wildman–Crippen MR) is 84.9 cm³/mol. The van der Waals surface area contributed by atoms with Crippen molar-refractivity contribution in [1.82, 2.24) is 4.90 Å². The lowest BCUT2D eigenvalue weighted by atomic mass is 9.85. The molecule has 1 saturated heterocycles. The monoisotopic (exact) mass is 313 g/mol. The summed E-state index contributed by atoms with van der Waals surface area (Å²) >= 11 is 12.2. The lowest BCUT2D eigenvalue weighted by molar-refractivity contribution is 0.0505. The van der Waals surface area contributed by atoms with E-state index in [4.69, 9.17) is 23.2 Å². The first-order chi connectivity index (χ1) is 9.49. The van der Waals surface area contributed by atoms with Crippen molar-refractivity contribution in [2.24, 2.45) is 0 Å². The van der Waals surface area contributed by atoms with Crippen molar-refractivity contribution in [3.05, 3.63) is 33.8 Å².